The van der Waals surface area contributed by atoms with Crippen LogP contribution in [0.3, 0.4) is 0 Å². The number of fused-ring (bicyclic) bond motifs is 1. The highest BCUT2D eigenvalue weighted by Gasteiger charge is 2.09. The Hall–Kier alpha value is -4.06. The van der Waals surface area contributed by atoms with Gasteiger partial charge in [0.1, 0.15) is 12.4 Å². The lowest BCUT2D eigenvalue weighted by molar-refractivity contribution is 0.301. The first-order valence-electron chi connectivity index (χ1n) is 11.1. The molecule has 0 radical (unpaired) electrons. The molecule has 33 heavy (non-hydrogen) atoms. The third kappa shape index (κ3) is 5.06. The Kier molecular flexibility index (Phi) is 6.06. The van der Waals surface area contributed by atoms with Gasteiger partial charge in [0.25, 0.3) is 0 Å². The summed E-state index contributed by atoms with van der Waals surface area (Å²) in [5.74, 6) is 1.97. The summed E-state index contributed by atoms with van der Waals surface area (Å²) >= 11 is 0. The van der Waals surface area contributed by atoms with Crippen molar-refractivity contribution in [3.8, 4) is 17.1 Å². The predicted octanol–water partition coefficient (Wildman–Crippen LogP) is 5.73. The molecule has 0 saturated heterocycles. The molecule has 0 aliphatic heterocycles. The lowest BCUT2D eigenvalue weighted by Gasteiger charge is -2.14. The molecule has 0 spiro atoms. The summed E-state index contributed by atoms with van der Waals surface area (Å²) in [6.07, 6.45) is 2.01. The number of rotatable bonds is 8. The van der Waals surface area contributed by atoms with Crippen molar-refractivity contribution in [1.29, 1.82) is 0 Å². The summed E-state index contributed by atoms with van der Waals surface area (Å²) in [7, 11) is 0. The second-order valence-electron chi connectivity index (χ2n) is 8.25. The highest BCUT2D eigenvalue weighted by Crippen LogP contribution is 2.26. The molecule has 5 aromatic rings. The Balaban J connectivity index is 1.21. The molecule has 0 saturated carbocycles. The van der Waals surface area contributed by atoms with Crippen LogP contribution in [-0.4, -0.2) is 25.6 Å². The minimum absolute atomic E-state index is 0.406. The van der Waals surface area contributed by atoms with Crippen LogP contribution in [0.1, 0.15) is 36.1 Å². The lowest BCUT2D eigenvalue weighted by Crippen LogP contribution is -2.00. The third-order valence-corrected chi connectivity index (χ3v) is 5.88. The van der Waals surface area contributed by atoms with Gasteiger partial charge in [0, 0.05) is 10.9 Å². The average molecular weight is 436 g/mol. The fraction of sp³-hybridized carbons (Fsp3) is 0.185. The number of nitrogens with zero attached hydrogens (tertiary/aromatic N) is 4. The van der Waals surface area contributed by atoms with E-state index in [1.165, 1.54) is 11.1 Å². The average Bonchev–Trinajstić information content (AvgIpc) is 3.41. The molecule has 164 valence electrons. The van der Waals surface area contributed by atoms with Crippen LogP contribution in [0, 0.1) is 0 Å². The van der Waals surface area contributed by atoms with Crippen molar-refractivity contribution in [3.63, 3.8) is 0 Å². The Morgan fingerprint density at radius 3 is 2.73 bits per heavy atom. The number of pyridine rings is 1. The van der Waals surface area contributed by atoms with E-state index in [0.29, 0.717) is 18.3 Å². The van der Waals surface area contributed by atoms with Gasteiger partial charge in [-0.1, -0.05) is 61.5 Å². The van der Waals surface area contributed by atoms with Gasteiger partial charge in [-0.2, -0.15) is 0 Å². The summed E-state index contributed by atoms with van der Waals surface area (Å²) in [6.45, 7) is 2.71. The van der Waals surface area contributed by atoms with E-state index in [2.05, 4.69) is 70.0 Å². The molecule has 3 aromatic carbocycles. The SMILES string of the molecule is CC(CCc1cccc(-c2nnn[nH]2)c1)c1cccc(OCc2ccc3ccccc3n2)c1. The normalized spacial score (nSPS) is 12.0. The molecule has 0 fully saturated rings. The molecule has 0 bridgehead atoms. The summed E-state index contributed by atoms with van der Waals surface area (Å²) in [5, 5.41) is 15.3. The van der Waals surface area contributed by atoms with Crippen molar-refractivity contribution in [3.05, 3.63) is 102 Å². The van der Waals surface area contributed by atoms with Crippen LogP contribution in [0.15, 0.2) is 84.9 Å². The van der Waals surface area contributed by atoms with Gasteiger partial charge in [0.05, 0.1) is 11.2 Å². The Bertz CT molecular complexity index is 1350. The highest BCUT2D eigenvalue weighted by atomic mass is 16.5. The Morgan fingerprint density at radius 2 is 1.82 bits per heavy atom. The number of nitrogens with one attached hydrogen (secondary N) is 1. The van der Waals surface area contributed by atoms with E-state index in [9.17, 15) is 0 Å². The van der Waals surface area contributed by atoms with Gasteiger partial charge in [-0.15, -0.1) is 5.10 Å². The maximum atomic E-state index is 6.07. The first kappa shape index (κ1) is 20.8. The maximum absolute atomic E-state index is 6.07. The van der Waals surface area contributed by atoms with E-state index in [-0.39, 0.29) is 0 Å². The van der Waals surface area contributed by atoms with Crippen LogP contribution in [0.4, 0.5) is 0 Å². The molecule has 0 aliphatic rings. The number of aromatic amines is 1. The van der Waals surface area contributed by atoms with Crippen LogP contribution in [0.5, 0.6) is 5.75 Å². The number of aromatic nitrogens is 5. The zero-order chi connectivity index (χ0) is 22.5. The number of hydrogen-bond donors (Lipinski definition) is 1. The Labute approximate surface area is 192 Å². The van der Waals surface area contributed by atoms with Gasteiger partial charge >= 0.3 is 0 Å². The molecular formula is C27H25N5O. The van der Waals surface area contributed by atoms with E-state index in [1.807, 2.05) is 42.5 Å². The second-order valence-corrected chi connectivity index (χ2v) is 8.25. The summed E-state index contributed by atoms with van der Waals surface area (Å²) in [6, 6.07) is 29.0. The second kappa shape index (κ2) is 9.61. The first-order chi connectivity index (χ1) is 16.2. The summed E-state index contributed by atoms with van der Waals surface area (Å²) in [5.41, 5.74) is 5.46. The zero-order valence-electron chi connectivity index (χ0n) is 18.5. The molecule has 1 unspecified atom stereocenters. The van der Waals surface area contributed by atoms with Gasteiger partial charge in [-0.25, -0.2) is 10.1 Å². The smallest absolute Gasteiger partial charge is 0.179 e. The van der Waals surface area contributed by atoms with Crippen LogP contribution >= 0.6 is 0 Å². The quantitative estimate of drug-likeness (QED) is 0.337. The van der Waals surface area contributed by atoms with E-state index < -0.39 is 0 Å². The summed E-state index contributed by atoms with van der Waals surface area (Å²) < 4.78 is 6.07. The molecule has 2 aromatic heterocycles. The number of ether oxygens (including phenoxy) is 1. The molecule has 1 atom stereocenters. The van der Waals surface area contributed by atoms with Crippen molar-refractivity contribution < 1.29 is 4.74 Å². The molecule has 5 rings (SSSR count). The Morgan fingerprint density at radius 1 is 0.909 bits per heavy atom. The lowest BCUT2D eigenvalue weighted by atomic mass is 9.93. The van der Waals surface area contributed by atoms with Gasteiger partial charge in [-0.05, 0) is 70.6 Å². The van der Waals surface area contributed by atoms with Gasteiger partial charge < -0.3 is 4.74 Å². The number of para-hydroxylation sites is 1. The van der Waals surface area contributed by atoms with Crippen molar-refractivity contribution in [2.24, 2.45) is 0 Å². The third-order valence-electron chi connectivity index (χ3n) is 5.88. The largest absolute Gasteiger partial charge is 0.487 e. The number of benzene rings is 3. The zero-order valence-corrected chi connectivity index (χ0v) is 18.5. The van der Waals surface area contributed by atoms with Crippen molar-refractivity contribution in [2.45, 2.75) is 32.3 Å². The van der Waals surface area contributed by atoms with Gasteiger partial charge in [0.2, 0.25) is 0 Å². The van der Waals surface area contributed by atoms with Crippen molar-refractivity contribution >= 4 is 10.9 Å². The fourth-order valence-corrected chi connectivity index (χ4v) is 3.96. The summed E-state index contributed by atoms with van der Waals surface area (Å²) in [4.78, 5) is 4.70. The molecular weight excluding hydrogens is 410 g/mol. The molecule has 2 heterocycles. The van der Waals surface area contributed by atoms with Crippen LogP contribution in [0.25, 0.3) is 22.3 Å². The van der Waals surface area contributed by atoms with Gasteiger partial charge in [0.15, 0.2) is 5.82 Å². The molecule has 0 amide bonds. The minimum Gasteiger partial charge on any atom is -0.487 e. The molecule has 1 N–H and O–H groups in total. The molecule has 6 heteroatoms. The van der Waals surface area contributed by atoms with E-state index >= 15 is 0 Å². The van der Waals surface area contributed by atoms with E-state index in [1.54, 1.807) is 0 Å². The van der Waals surface area contributed by atoms with E-state index in [4.69, 9.17) is 9.72 Å². The van der Waals surface area contributed by atoms with Crippen molar-refractivity contribution in [1.82, 2.24) is 25.6 Å². The fourth-order valence-electron chi connectivity index (χ4n) is 3.96. The molecule has 0 aliphatic carbocycles. The first-order valence-corrected chi connectivity index (χ1v) is 11.1. The number of hydrogen-bond acceptors (Lipinski definition) is 5. The highest BCUT2D eigenvalue weighted by molar-refractivity contribution is 5.78. The predicted molar refractivity (Wildman–Crippen MR) is 129 cm³/mol. The van der Waals surface area contributed by atoms with Gasteiger partial charge in [-0.3, -0.25) is 0 Å². The monoisotopic (exact) mass is 435 g/mol. The number of aryl methyl sites for hydroxylation is 1. The number of tetrazole rings is 1. The van der Waals surface area contributed by atoms with Crippen molar-refractivity contribution in [2.75, 3.05) is 0 Å². The minimum atomic E-state index is 0.406. The topological polar surface area (TPSA) is 76.6 Å². The number of H-pyrrole nitrogens is 1. The van der Waals surface area contributed by atoms with Crippen LogP contribution in [-0.2, 0) is 13.0 Å². The maximum Gasteiger partial charge on any atom is 0.179 e. The standard InChI is InChI=1S/C27H25N5O/c1-19(12-13-20-6-4-9-23(16-20)27-29-31-32-30-27)22-8-5-10-25(17-22)33-18-24-15-14-21-7-2-3-11-26(21)28-24/h2-11,14-17,19H,12-13,18H2,1H3,(H,29,30,31,32). The molecule has 6 nitrogen and oxygen atoms in total. The van der Waals surface area contributed by atoms with Crippen LogP contribution in [0.2, 0.25) is 0 Å². The van der Waals surface area contributed by atoms with Crippen LogP contribution < -0.4 is 4.74 Å². The van der Waals surface area contributed by atoms with E-state index in [0.717, 1.165) is 40.8 Å².